The number of nitrogens with one attached hydrogen (secondary N) is 2. The standard InChI is InChI=1S/C23H14FN5OS/c24-21-4-3-20(31-21)23-16-9-19(27-17(16)5-6-26-23)22-15-8-12(1-2-18(15)28-29-22)13-7-14(30)11-25-10-13/h1-11,27,30H,(H,28,29). The van der Waals surface area contributed by atoms with Gasteiger partial charge in [-0.2, -0.15) is 9.49 Å². The number of aromatic nitrogens is 5. The number of pyridine rings is 2. The lowest BCUT2D eigenvalue weighted by molar-refractivity contribution is 0.473. The lowest BCUT2D eigenvalue weighted by Gasteiger charge is -2.02. The molecular weight excluding hydrogens is 413 g/mol. The van der Waals surface area contributed by atoms with Crippen LogP contribution in [0, 0.1) is 5.13 Å². The van der Waals surface area contributed by atoms with Gasteiger partial charge in [0, 0.05) is 34.2 Å². The number of nitrogens with zero attached hydrogens (tertiary/aromatic N) is 3. The van der Waals surface area contributed by atoms with Crippen molar-refractivity contribution < 1.29 is 9.50 Å². The summed E-state index contributed by atoms with van der Waals surface area (Å²) in [6.07, 6.45) is 4.83. The van der Waals surface area contributed by atoms with Crippen molar-refractivity contribution in [3.05, 3.63) is 72.3 Å². The molecule has 5 heterocycles. The first-order chi connectivity index (χ1) is 15.2. The predicted octanol–water partition coefficient (Wildman–Crippen LogP) is 5.74. The van der Waals surface area contributed by atoms with Crippen LogP contribution in [0.2, 0.25) is 0 Å². The van der Waals surface area contributed by atoms with Crippen molar-refractivity contribution in [1.29, 1.82) is 0 Å². The number of thiophene rings is 1. The van der Waals surface area contributed by atoms with Gasteiger partial charge in [0.15, 0.2) is 5.13 Å². The molecule has 0 aliphatic rings. The molecule has 5 aromatic heterocycles. The monoisotopic (exact) mass is 427 g/mol. The number of hydrogen-bond donors (Lipinski definition) is 3. The van der Waals surface area contributed by atoms with E-state index in [9.17, 15) is 9.50 Å². The Bertz CT molecular complexity index is 1580. The fourth-order valence-electron chi connectivity index (χ4n) is 3.80. The molecule has 3 N–H and O–H groups in total. The molecule has 0 bridgehead atoms. The largest absolute Gasteiger partial charge is 0.506 e. The summed E-state index contributed by atoms with van der Waals surface area (Å²) in [5, 5.41) is 19.0. The van der Waals surface area contributed by atoms with E-state index in [1.807, 2.05) is 30.3 Å². The molecule has 8 heteroatoms. The number of fused-ring (bicyclic) bond motifs is 2. The summed E-state index contributed by atoms with van der Waals surface area (Å²) in [7, 11) is 0. The van der Waals surface area contributed by atoms with Crippen molar-refractivity contribution in [1.82, 2.24) is 25.1 Å². The zero-order valence-electron chi connectivity index (χ0n) is 15.9. The van der Waals surface area contributed by atoms with Gasteiger partial charge in [-0.3, -0.25) is 15.1 Å². The first-order valence-electron chi connectivity index (χ1n) is 9.52. The van der Waals surface area contributed by atoms with Crippen molar-refractivity contribution in [2.75, 3.05) is 0 Å². The van der Waals surface area contributed by atoms with Crippen molar-refractivity contribution in [3.63, 3.8) is 0 Å². The number of aromatic hydroxyl groups is 1. The lowest BCUT2D eigenvalue weighted by Crippen LogP contribution is -1.82. The first kappa shape index (κ1) is 17.8. The molecule has 1 aromatic carbocycles. The summed E-state index contributed by atoms with van der Waals surface area (Å²) >= 11 is 1.07. The van der Waals surface area contributed by atoms with E-state index < -0.39 is 0 Å². The van der Waals surface area contributed by atoms with Gasteiger partial charge in [-0.05, 0) is 48.0 Å². The highest BCUT2D eigenvalue weighted by molar-refractivity contribution is 7.13. The molecule has 0 saturated heterocycles. The number of benzene rings is 1. The maximum atomic E-state index is 13.6. The average molecular weight is 427 g/mol. The molecule has 6 rings (SSSR count). The molecular formula is C23H14FN5OS. The van der Waals surface area contributed by atoms with Gasteiger partial charge in [0.05, 0.1) is 28.0 Å². The average Bonchev–Trinajstić information content (AvgIpc) is 3.50. The summed E-state index contributed by atoms with van der Waals surface area (Å²) in [6, 6.07) is 14.7. The van der Waals surface area contributed by atoms with Crippen molar-refractivity contribution in [2.45, 2.75) is 0 Å². The normalized spacial score (nSPS) is 11.5. The Hall–Kier alpha value is -4.04. The van der Waals surface area contributed by atoms with Crippen LogP contribution in [0.25, 0.3) is 54.9 Å². The second-order valence-electron chi connectivity index (χ2n) is 7.17. The minimum absolute atomic E-state index is 0.116. The van der Waals surface area contributed by atoms with E-state index >= 15 is 0 Å². The Morgan fingerprint density at radius 3 is 2.61 bits per heavy atom. The van der Waals surface area contributed by atoms with E-state index in [0.717, 1.165) is 66.2 Å². The number of rotatable bonds is 3. The maximum absolute atomic E-state index is 13.6. The fourth-order valence-corrected chi connectivity index (χ4v) is 4.55. The third kappa shape index (κ3) is 2.96. The predicted molar refractivity (Wildman–Crippen MR) is 119 cm³/mol. The van der Waals surface area contributed by atoms with Crippen LogP contribution >= 0.6 is 11.3 Å². The summed E-state index contributed by atoms with van der Waals surface area (Å²) < 4.78 is 13.6. The Morgan fingerprint density at radius 2 is 1.77 bits per heavy atom. The third-order valence-electron chi connectivity index (χ3n) is 5.23. The molecule has 6 nitrogen and oxygen atoms in total. The van der Waals surface area contributed by atoms with Crippen LogP contribution in [0.4, 0.5) is 4.39 Å². The van der Waals surface area contributed by atoms with E-state index in [0.29, 0.717) is 0 Å². The Morgan fingerprint density at radius 1 is 0.871 bits per heavy atom. The highest BCUT2D eigenvalue weighted by Gasteiger charge is 2.16. The van der Waals surface area contributed by atoms with Crippen LogP contribution in [0.15, 0.2) is 67.1 Å². The van der Waals surface area contributed by atoms with Crippen LogP contribution in [0.1, 0.15) is 0 Å². The van der Waals surface area contributed by atoms with Crippen molar-refractivity contribution >= 4 is 33.1 Å². The minimum atomic E-state index is -0.239. The van der Waals surface area contributed by atoms with E-state index in [-0.39, 0.29) is 10.9 Å². The molecule has 0 spiro atoms. The second-order valence-corrected chi connectivity index (χ2v) is 8.21. The molecule has 31 heavy (non-hydrogen) atoms. The number of aromatic amines is 2. The number of hydrogen-bond acceptors (Lipinski definition) is 5. The second kappa shape index (κ2) is 6.75. The van der Waals surface area contributed by atoms with Crippen LogP contribution < -0.4 is 0 Å². The molecule has 0 fully saturated rings. The SMILES string of the molecule is Oc1cncc(-c2ccc3[nH]nc(-c4cc5c(-c6ccc(F)s6)nccc5[nH]4)c3c2)c1. The van der Waals surface area contributed by atoms with Gasteiger partial charge < -0.3 is 10.1 Å². The van der Waals surface area contributed by atoms with Crippen LogP contribution in [-0.4, -0.2) is 30.3 Å². The van der Waals surface area contributed by atoms with Crippen LogP contribution in [0.5, 0.6) is 5.75 Å². The summed E-state index contributed by atoms with van der Waals surface area (Å²) in [5.41, 5.74) is 5.87. The number of H-pyrrole nitrogens is 2. The zero-order chi connectivity index (χ0) is 20.9. The van der Waals surface area contributed by atoms with Crippen LogP contribution in [0.3, 0.4) is 0 Å². The molecule has 150 valence electrons. The molecule has 0 saturated carbocycles. The molecule has 0 radical (unpaired) electrons. The highest BCUT2D eigenvalue weighted by Crippen LogP contribution is 2.36. The molecule has 0 atom stereocenters. The quantitative estimate of drug-likeness (QED) is 0.336. The van der Waals surface area contributed by atoms with E-state index in [1.165, 1.54) is 12.3 Å². The smallest absolute Gasteiger partial charge is 0.177 e. The minimum Gasteiger partial charge on any atom is -0.506 e. The summed E-state index contributed by atoms with van der Waals surface area (Å²) in [5.74, 6) is 0.116. The third-order valence-corrected chi connectivity index (χ3v) is 6.11. The molecule has 0 aliphatic carbocycles. The zero-order valence-corrected chi connectivity index (χ0v) is 16.7. The van der Waals surface area contributed by atoms with Gasteiger partial charge >= 0.3 is 0 Å². The Balaban J connectivity index is 1.51. The molecule has 0 amide bonds. The topological polar surface area (TPSA) is 90.5 Å². The maximum Gasteiger partial charge on any atom is 0.177 e. The summed E-state index contributed by atoms with van der Waals surface area (Å²) in [4.78, 5) is 12.7. The van der Waals surface area contributed by atoms with Crippen molar-refractivity contribution in [3.8, 4) is 38.8 Å². The summed E-state index contributed by atoms with van der Waals surface area (Å²) in [6.45, 7) is 0. The van der Waals surface area contributed by atoms with Crippen LogP contribution in [-0.2, 0) is 0 Å². The van der Waals surface area contributed by atoms with Gasteiger partial charge in [0.2, 0.25) is 0 Å². The Labute approximate surface area is 179 Å². The van der Waals surface area contributed by atoms with Gasteiger partial charge in [0.25, 0.3) is 0 Å². The number of halogens is 1. The van der Waals surface area contributed by atoms with Crippen molar-refractivity contribution in [2.24, 2.45) is 0 Å². The first-order valence-corrected chi connectivity index (χ1v) is 10.3. The van der Waals surface area contributed by atoms with Gasteiger partial charge in [0.1, 0.15) is 11.4 Å². The molecule has 6 aromatic rings. The van der Waals surface area contributed by atoms with Gasteiger partial charge in [-0.1, -0.05) is 6.07 Å². The lowest BCUT2D eigenvalue weighted by atomic mass is 10.0. The Kier molecular flexibility index (Phi) is 3.87. The van der Waals surface area contributed by atoms with E-state index in [2.05, 4.69) is 25.1 Å². The fraction of sp³-hybridized carbons (Fsp3) is 0. The molecule has 0 aliphatic heterocycles. The van der Waals surface area contributed by atoms with E-state index in [1.54, 1.807) is 24.5 Å². The molecule has 0 unspecified atom stereocenters. The van der Waals surface area contributed by atoms with Gasteiger partial charge in [-0.15, -0.1) is 11.3 Å². The highest BCUT2D eigenvalue weighted by atomic mass is 32.1. The van der Waals surface area contributed by atoms with Gasteiger partial charge in [-0.25, -0.2) is 0 Å². The van der Waals surface area contributed by atoms with E-state index in [4.69, 9.17) is 0 Å².